The van der Waals surface area contributed by atoms with Gasteiger partial charge in [0, 0.05) is 49.8 Å². The molecular weight excluding hydrogens is 525 g/mol. The maximum absolute atomic E-state index is 12.2. The summed E-state index contributed by atoms with van der Waals surface area (Å²) in [5.41, 5.74) is 3.89. The van der Waals surface area contributed by atoms with Crippen LogP contribution in [0.2, 0.25) is 0 Å². The number of halogens is 1. The molecule has 9 heteroatoms. The minimum atomic E-state index is -3.10. The molecule has 2 heterocycles. The highest BCUT2D eigenvalue weighted by Crippen LogP contribution is 2.22. The largest absolute Gasteiger partial charge is 0.361 e. The zero-order valence-electron chi connectivity index (χ0n) is 18.8. The number of H-pyrrole nitrogens is 1. The molecule has 0 radical (unpaired) electrons. The van der Waals surface area contributed by atoms with Crippen molar-refractivity contribution in [1.29, 1.82) is 0 Å². The molecule has 0 aliphatic carbocycles. The number of hydrogen-bond donors (Lipinski definition) is 3. The fraction of sp³-hybridized carbons (Fsp3) is 0.591. The number of rotatable bonds is 8. The Labute approximate surface area is 203 Å². The monoisotopic (exact) mass is 561 g/mol. The van der Waals surface area contributed by atoms with Gasteiger partial charge in [-0.2, -0.15) is 0 Å². The number of aliphatic imine (C=N–C) groups is 1. The number of hydrogen-bond acceptors (Lipinski definition) is 3. The summed E-state index contributed by atoms with van der Waals surface area (Å²) < 4.78 is 26.1. The van der Waals surface area contributed by atoms with Crippen LogP contribution in [-0.4, -0.2) is 62.1 Å². The number of nitrogens with one attached hydrogen (secondary N) is 3. The Hall–Kier alpha value is -1.33. The Morgan fingerprint density at radius 3 is 2.61 bits per heavy atom. The molecule has 1 aliphatic heterocycles. The number of benzene rings is 1. The molecule has 0 amide bonds. The Kier molecular flexibility index (Phi) is 10.1. The number of para-hydroxylation sites is 1. The van der Waals surface area contributed by atoms with Crippen molar-refractivity contribution in [2.45, 2.75) is 52.0 Å². The van der Waals surface area contributed by atoms with Crippen LogP contribution in [0, 0.1) is 0 Å². The molecule has 1 saturated heterocycles. The minimum Gasteiger partial charge on any atom is -0.361 e. The first-order chi connectivity index (χ1) is 14.5. The maximum atomic E-state index is 12.2. The van der Waals surface area contributed by atoms with E-state index < -0.39 is 10.0 Å². The zero-order chi connectivity index (χ0) is 21.6. The molecule has 3 rings (SSSR count). The molecule has 0 atom stereocenters. The van der Waals surface area contributed by atoms with E-state index in [0.717, 1.165) is 38.2 Å². The van der Waals surface area contributed by atoms with Gasteiger partial charge in [0.05, 0.1) is 5.75 Å². The van der Waals surface area contributed by atoms with Crippen molar-refractivity contribution in [3.8, 4) is 0 Å². The third-order valence-corrected chi connectivity index (χ3v) is 7.91. The van der Waals surface area contributed by atoms with Gasteiger partial charge in [0.2, 0.25) is 10.0 Å². The molecule has 3 N–H and O–H groups in total. The number of guanidine groups is 1. The number of piperidine rings is 1. The van der Waals surface area contributed by atoms with Gasteiger partial charge < -0.3 is 15.6 Å². The molecule has 2 aromatic rings. The fourth-order valence-corrected chi connectivity index (χ4v) is 5.69. The van der Waals surface area contributed by atoms with Crippen LogP contribution in [0.1, 0.15) is 44.2 Å². The van der Waals surface area contributed by atoms with Crippen molar-refractivity contribution in [3.05, 3.63) is 35.5 Å². The zero-order valence-corrected chi connectivity index (χ0v) is 21.9. The van der Waals surface area contributed by atoms with E-state index in [0.29, 0.717) is 19.5 Å². The lowest BCUT2D eigenvalue weighted by atomic mass is 10.1. The lowest BCUT2D eigenvalue weighted by Crippen LogP contribution is -2.50. The first-order valence-corrected chi connectivity index (χ1v) is 12.6. The minimum absolute atomic E-state index is 0. The van der Waals surface area contributed by atoms with Gasteiger partial charge in [-0.3, -0.25) is 4.99 Å². The Morgan fingerprint density at radius 2 is 1.97 bits per heavy atom. The molecule has 0 saturated carbocycles. The summed E-state index contributed by atoms with van der Waals surface area (Å²) in [7, 11) is -1.32. The van der Waals surface area contributed by atoms with Gasteiger partial charge in [-0.15, -0.1) is 24.0 Å². The standard InChI is InChI=1S/C22H35N5O2S.HI/c1-4-15-30(28,29)27-13-10-19(11-14-27)26-22(23-3)24-12-9-18-16-25-21-17(5-2)7-6-8-20(18)21;/h6-8,16,19,25H,4-5,9-15H2,1-3H3,(H2,23,24,26);1H. The summed E-state index contributed by atoms with van der Waals surface area (Å²) in [6.45, 7) is 6.02. The predicted octanol–water partition coefficient (Wildman–Crippen LogP) is 3.26. The summed E-state index contributed by atoms with van der Waals surface area (Å²) in [5.74, 6) is 1.01. The van der Waals surface area contributed by atoms with Crippen molar-refractivity contribution in [2.24, 2.45) is 4.99 Å². The van der Waals surface area contributed by atoms with Gasteiger partial charge in [0.1, 0.15) is 0 Å². The van der Waals surface area contributed by atoms with E-state index >= 15 is 0 Å². The van der Waals surface area contributed by atoms with E-state index in [-0.39, 0.29) is 35.8 Å². The molecule has 1 aromatic carbocycles. The fourth-order valence-electron chi connectivity index (χ4n) is 4.15. The van der Waals surface area contributed by atoms with Crippen LogP contribution in [0.4, 0.5) is 0 Å². The second kappa shape index (κ2) is 12.1. The van der Waals surface area contributed by atoms with Gasteiger partial charge in [-0.1, -0.05) is 32.0 Å². The number of nitrogens with zero attached hydrogens (tertiary/aromatic N) is 2. The van der Waals surface area contributed by atoms with E-state index in [1.165, 1.54) is 22.0 Å². The van der Waals surface area contributed by atoms with E-state index in [9.17, 15) is 8.42 Å². The van der Waals surface area contributed by atoms with Crippen LogP contribution in [0.5, 0.6) is 0 Å². The molecule has 31 heavy (non-hydrogen) atoms. The van der Waals surface area contributed by atoms with Crippen molar-refractivity contribution < 1.29 is 8.42 Å². The SMILES string of the molecule is CCCS(=O)(=O)N1CCC(NC(=NC)NCCc2c[nH]c3c(CC)cccc23)CC1.I. The molecular formula is C22H36IN5O2S. The van der Waals surface area contributed by atoms with E-state index in [1.807, 2.05) is 6.92 Å². The third-order valence-electron chi connectivity index (χ3n) is 5.83. The molecule has 1 aliphatic rings. The summed E-state index contributed by atoms with van der Waals surface area (Å²) >= 11 is 0. The molecule has 1 aromatic heterocycles. The average Bonchev–Trinajstić information content (AvgIpc) is 3.16. The summed E-state index contributed by atoms with van der Waals surface area (Å²) in [6, 6.07) is 6.71. The van der Waals surface area contributed by atoms with Crippen LogP contribution < -0.4 is 10.6 Å². The molecule has 0 spiro atoms. The lowest BCUT2D eigenvalue weighted by molar-refractivity contribution is 0.306. The molecule has 7 nitrogen and oxygen atoms in total. The van der Waals surface area contributed by atoms with Crippen LogP contribution in [-0.2, 0) is 22.9 Å². The quantitative estimate of drug-likeness (QED) is 0.262. The average molecular weight is 562 g/mol. The smallest absolute Gasteiger partial charge is 0.214 e. The normalized spacial score (nSPS) is 16.3. The van der Waals surface area contributed by atoms with Crippen molar-refractivity contribution in [3.63, 3.8) is 0 Å². The Balaban J connectivity index is 0.00000341. The highest BCUT2D eigenvalue weighted by molar-refractivity contribution is 14.0. The van der Waals surface area contributed by atoms with Crippen molar-refractivity contribution >= 4 is 50.9 Å². The number of aryl methyl sites for hydroxylation is 1. The summed E-state index contributed by atoms with van der Waals surface area (Å²) in [5, 5.41) is 8.15. The number of sulfonamides is 1. The number of aromatic amines is 1. The highest BCUT2D eigenvalue weighted by Gasteiger charge is 2.27. The highest BCUT2D eigenvalue weighted by atomic mass is 127. The lowest BCUT2D eigenvalue weighted by Gasteiger charge is -2.32. The van der Waals surface area contributed by atoms with Gasteiger partial charge >= 0.3 is 0 Å². The van der Waals surface area contributed by atoms with Crippen LogP contribution in [0.25, 0.3) is 10.9 Å². The molecule has 174 valence electrons. The maximum Gasteiger partial charge on any atom is 0.214 e. The van der Waals surface area contributed by atoms with E-state index in [4.69, 9.17) is 0 Å². The third kappa shape index (κ3) is 6.58. The second-order valence-electron chi connectivity index (χ2n) is 7.89. The van der Waals surface area contributed by atoms with E-state index in [2.05, 4.69) is 51.9 Å². The predicted molar refractivity (Wildman–Crippen MR) is 140 cm³/mol. The van der Waals surface area contributed by atoms with Crippen LogP contribution in [0.3, 0.4) is 0 Å². The van der Waals surface area contributed by atoms with Gasteiger partial charge in [-0.05, 0) is 43.2 Å². The molecule has 1 fully saturated rings. The van der Waals surface area contributed by atoms with Crippen LogP contribution in [0.15, 0.2) is 29.4 Å². The topological polar surface area (TPSA) is 89.6 Å². The number of aromatic nitrogens is 1. The Bertz CT molecular complexity index is 965. The Morgan fingerprint density at radius 1 is 1.23 bits per heavy atom. The first-order valence-electron chi connectivity index (χ1n) is 11.0. The van der Waals surface area contributed by atoms with Gasteiger partial charge in [-0.25, -0.2) is 12.7 Å². The summed E-state index contributed by atoms with van der Waals surface area (Å²) in [6.07, 6.45) is 6.28. The van der Waals surface area contributed by atoms with Gasteiger partial charge in [0.15, 0.2) is 5.96 Å². The second-order valence-corrected chi connectivity index (χ2v) is 9.98. The summed E-state index contributed by atoms with van der Waals surface area (Å²) in [4.78, 5) is 7.77. The van der Waals surface area contributed by atoms with E-state index in [1.54, 1.807) is 11.4 Å². The van der Waals surface area contributed by atoms with Gasteiger partial charge in [0.25, 0.3) is 0 Å². The molecule has 0 bridgehead atoms. The van der Waals surface area contributed by atoms with Crippen molar-refractivity contribution in [1.82, 2.24) is 19.9 Å². The van der Waals surface area contributed by atoms with Crippen LogP contribution >= 0.6 is 24.0 Å². The molecule has 0 unspecified atom stereocenters. The number of fused-ring (bicyclic) bond motifs is 1. The first kappa shape index (κ1) is 25.9. The van der Waals surface area contributed by atoms with Crippen molar-refractivity contribution in [2.75, 3.05) is 32.4 Å².